The number of amides is 1. The number of hydrogen-bond acceptors (Lipinski definition) is 4. The first kappa shape index (κ1) is 20.2. The highest BCUT2D eigenvalue weighted by Crippen LogP contribution is 2.22. The molecule has 0 aliphatic heterocycles. The Labute approximate surface area is 172 Å². The highest BCUT2D eigenvalue weighted by molar-refractivity contribution is 8.00. The average molecular weight is 414 g/mol. The number of benzene rings is 2. The maximum atomic E-state index is 12.5. The molecule has 28 heavy (non-hydrogen) atoms. The van der Waals surface area contributed by atoms with Crippen LogP contribution in [0.4, 0.5) is 5.69 Å². The van der Waals surface area contributed by atoms with Crippen LogP contribution in [0.1, 0.15) is 23.7 Å². The Morgan fingerprint density at radius 2 is 1.86 bits per heavy atom. The van der Waals surface area contributed by atoms with Crippen LogP contribution in [0.2, 0.25) is 5.02 Å². The van der Waals surface area contributed by atoms with Gasteiger partial charge in [-0.2, -0.15) is 0 Å². The van der Waals surface area contributed by atoms with Gasteiger partial charge in [-0.1, -0.05) is 53.7 Å². The number of H-pyrrole nitrogens is 1. The molecular weight excluding hydrogens is 394 g/mol. The van der Waals surface area contributed by atoms with E-state index in [9.17, 15) is 9.59 Å². The molecule has 144 valence electrons. The first-order valence-corrected chi connectivity index (χ1v) is 10.0. The lowest BCUT2D eigenvalue weighted by Gasteiger charge is -2.12. The number of aromatic amines is 1. The molecule has 2 N–H and O–H groups in total. The summed E-state index contributed by atoms with van der Waals surface area (Å²) >= 11 is 7.07. The lowest BCUT2D eigenvalue weighted by Crippen LogP contribution is -2.24. The summed E-state index contributed by atoms with van der Waals surface area (Å²) in [4.78, 5) is 32.2. The van der Waals surface area contributed by atoms with Gasteiger partial charge in [-0.05, 0) is 43.7 Å². The van der Waals surface area contributed by atoms with Gasteiger partial charge in [0, 0.05) is 28.4 Å². The fourth-order valence-corrected chi connectivity index (χ4v) is 3.61. The molecule has 0 saturated carbocycles. The van der Waals surface area contributed by atoms with Crippen molar-refractivity contribution in [3.63, 3.8) is 0 Å². The van der Waals surface area contributed by atoms with Crippen LogP contribution in [-0.4, -0.2) is 21.1 Å². The van der Waals surface area contributed by atoms with Gasteiger partial charge in [-0.3, -0.25) is 9.59 Å². The summed E-state index contributed by atoms with van der Waals surface area (Å²) in [5, 5.41) is 3.43. The predicted octanol–water partition coefficient (Wildman–Crippen LogP) is 4.44. The van der Waals surface area contributed by atoms with Gasteiger partial charge in [0.15, 0.2) is 5.16 Å². The second-order valence-electron chi connectivity index (χ2n) is 6.35. The Morgan fingerprint density at radius 1 is 1.18 bits per heavy atom. The quantitative estimate of drug-likeness (QED) is 0.462. The molecule has 0 aliphatic carbocycles. The molecule has 3 aromatic rings. The second kappa shape index (κ2) is 9.08. The van der Waals surface area contributed by atoms with Crippen molar-refractivity contribution in [2.75, 3.05) is 5.32 Å². The van der Waals surface area contributed by atoms with Gasteiger partial charge >= 0.3 is 0 Å². The van der Waals surface area contributed by atoms with Crippen LogP contribution < -0.4 is 10.9 Å². The summed E-state index contributed by atoms with van der Waals surface area (Å²) in [5.41, 5.74) is 2.84. The normalized spacial score (nSPS) is 11.8. The summed E-state index contributed by atoms with van der Waals surface area (Å²) in [6.07, 6.45) is 0.520. The zero-order valence-corrected chi connectivity index (χ0v) is 17.1. The topological polar surface area (TPSA) is 74.8 Å². The van der Waals surface area contributed by atoms with Crippen LogP contribution in [0.15, 0.2) is 64.5 Å². The molecule has 0 aliphatic rings. The largest absolute Gasteiger partial charge is 0.325 e. The van der Waals surface area contributed by atoms with Gasteiger partial charge in [-0.25, -0.2) is 4.98 Å². The molecule has 0 fully saturated rings. The van der Waals surface area contributed by atoms with E-state index in [1.54, 1.807) is 31.2 Å². The minimum Gasteiger partial charge on any atom is -0.325 e. The highest BCUT2D eigenvalue weighted by atomic mass is 35.5. The maximum absolute atomic E-state index is 12.5. The third-order valence-corrected chi connectivity index (χ3v) is 5.43. The van der Waals surface area contributed by atoms with Crippen molar-refractivity contribution in [3.8, 4) is 0 Å². The standard InChI is InChI=1S/C21H20ClN3O2S/c1-13-18(12-15-6-4-3-5-7-15)20(27)25-21(23-13)28-14(2)19(26)24-17-10-8-16(22)9-11-17/h3-11,14H,12H2,1-2H3,(H,24,26)(H,23,25,27). The van der Waals surface area contributed by atoms with E-state index in [4.69, 9.17) is 11.6 Å². The van der Waals surface area contributed by atoms with Crippen molar-refractivity contribution < 1.29 is 4.79 Å². The molecule has 0 radical (unpaired) electrons. The summed E-state index contributed by atoms with van der Waals surface area (Å²) in [7, 11) is 0. The van der Waals surface area contributed by atoms with Crippen LogP contribution >= 0.6 is 23.4 Å². The van der Waals surface area contributed by atoms with Gasteiger partial charge in [0.05, 0.1) is 5.25 Å². The molecule has 0 saturated heterocycles. The number of carbonyl (C=O) groups is 1. The zero-order valence-electron chi connectivity index (χ0n) is 15.5. The van der Waals surface area contributed by atoms with Gasteiger partial charge in [0.1, 0.15) is 0 Å². The number of anilines is 1. The van der Waals surface area contributed by atoms with E-state index in [0.29, 0.717) is 33.5 Å². The SMILES string of the molecule is Cc1nc(SC(C)C(=O)Nc2ccc(Cl)cc2)[nH]c(=O)c1Cc1ccccc1. The molecule has 3 rings (SSSR count). The first-order valence-electron chi connectivity index (χ1n) is 8.79. The maximum Gasteiger partial charge on any atom is 0.255 e. The van der Waals surface area contributed by atoms with Crippen molar-refractivity contribution in [1.82, 2.24) is 9.97 Å². The molecule has 1 amide bonds. The van der Waals surface area contributed by atoms with E-state index in [1.165, 1.54) is 11.8 Å². The molecule has 1 atom stereocenters. The molecule has 1 unspecified atom stereocenters. The Kier molecular flexibility index (Phi) is 6.54. The van der Waals surface area contributed by atoms with E-state index >= 15 is 0 Å². The Hall–Kier alpha value is -2.57. The van der Waals surface area contributed by atoms with E-state index in [2.05, 4.69) is 15.3 Å². The number of rotatable bonds is 6. The Morgan fingerprint density at radius 3 is 2.50 bits per heavy atom. The molecule has 2 aromatic carbocycles. The van der Waals surface area contributed by atoms with Crippen LogP contribution in [0.3, 0.4) is 0 Å². The number of aromatic nitrogens is 2. The fourth-order valence-electron chi connectivity index (χ4n) is 2.65. The van der Waals surface area contributed by atoms with Crippen molar-refractivity contribution in [2.45, 2.75) is 30.7 Å². The number of carbonyl (C=O) groups excluding carboxylic acids is 1. The van der Waals surface area contributed by atoms with E-state index in [-0.39, 0.29) is 11.5 Å². The van der Waals surface area contributed by atoms with Crippen molar-refractivity contribution in [1.29, 1.82) is 0 Å². The molecule has 1 heterocycles. The van der Waals surface area contributed by atoms with Crippen molar-refractivity contribution >= 4 is 35.0 Å². The van der Waals surface area contributed by atoms with Gasteiger partial charge in [0.25, 0.3) is 5.56 Å². The van der Waals surface area contributed by atoms with E-state index < -0.39 is 5.25 Å². The Bertz CT molecular complexity index is 1020. The van der Waals surface area contributed by atoms with Gasteiger partial charge in [-0.15, -0.1) is 0 Å². The van der Waals surface area contributed by atoms with Crippen LogP contribution in [0.25, 0.3) is 0 Å². The second-order valence-corrected chi connectivity index (χ2v) is 8.12. The smallest absolute Gasteiger partial charge is 0.255 e. The minimum absolute atomic E-state index is 0.177. The molecule has 7 heteroatoms. The van der Waals surface area contributed by atoms with Crippen LogP contribution in [-0.2, 0) is 11.2 Å². The molecule has 0 spiro atoms. The number of nitrogens with zero attached hydrogens (tertiary/aromatic N) is 1. The monoisotopic (exact) mass is 413 g/mol. The van der Waals surface area contributed by atoms with E-state index in [1.807, 2.05) is 37.3 Å². The summed E-state index contributed by atoms with van der Waals surface area (Å²) in [5.74, 6) is -0.180. The van der Waals surface area contributed by atoms with Crippen molar-refractivity contribution in [2.24, 2.45) is 0 Å². The van der Waals surface area contributed by atoms with E-state index in [0.717, 1.165) is 5.56 Å². The number of thioether (sulfide) groups is 1. The summed E-state index contributed by atoms with van der Waals surface area (Å²) < 4.78 is 0. The van der Waals surface area contributed by atoms with Gasteiger partial charge in [0.2, 0.25) is 5.91 Å². The summed E-state index contributed by atoms with van der Waals surface area (Å²) in [6.45, 7) is 3.58. The fraction of sp³-hybridized carbons (Fsp3) is 0.190. The number of aryl methyl sites for hydroxylation is 1. The number of hydrogen-bond donors (Lipinski definition) is 2. The molecule has 1 aromatic heterocycles. The molecule has 0 bridgehead atoms. The predicted molar refractivity (Wildman–Crippen MR) is 114 cm³/mol. The molecular formula is C21H20ClN3O2S. The van der Waals surface area contributed by atoms with Crippen molar-refractivity contribution in [3.05, 3.63) is 86.8 Å². The number of nitrogens with one attached hydrogen (secondary N) is 2. The van der Waals surface area contributed by atoms with Gasteiger partial charge < -0.3 is 10.3 Å². The Balaban J connectivity index is 1.69. The zero-order chi connectivity index (χ0) is 20.1. The highest BCUT2D eigenvalue weighted by Gasteiger charge is 2.17. The average Bonchev–Trinajstić information content (AvgIpc) is 2.67. The number of halogens is 1. The molecule has 5 nitrogen and oxygen atoms in total. The lowest BCUT2D eigenvalue weighted by molar-refractivity contribution is -0.115. The summed E-state index contributed by atoms with van der Waals surface area (Å²) in [6, 6.07) is 16.7. The van der Waals surface area contributed by atoms with Crippen LogP contribution in [0.5, 0.6) is 0 Å². The minimum atomic E-state index is -0.432. The third kappa shape index (κ3) is 5.24. The lowest BCUT2D eigenvalue weighted by atomic mass is 10.1. The first-order chi connectivity index (χ1) is 13.4. The van der Waals surface area contributed by atoms with Crippen LogP contribution in [0, 0.1) is 6.92 Å². The third-order valence-electron chi connectivity index (χ3n) is 4.19.